The molecule has 1 aliphatic rings. The number of rotatable bonds is 6. The van der Waals surface area contributed by atoms with Crippen LogP contribution in [0.5, 0.6) is 11.5 Å². The van der Waals surface area contributed by atoms with E-state index in [4.69, 9.17) is 9.47 Å². The minimum atomic E-state index is -0.778. The second-order valence-electron chi connectivity index (χ2n) is 6.42. The summed E-state index contributed by atoms with van der Waals surface area (Å²) in [7, 11) is 0. The first-order chi connectivity index (χ1) is 15.3. The van der Waals surface area contributed by atoms with E-state index in [0.29, 0.717) is 27.1 Å². The molecule has 0 unspecified atom stereocenters. The van der Waals surface area contributed by atoms with Crippen LogP contribution in [0.25, 0.3) is 6.08 Å². The number of nitrogens with zero attached hydrogens (tertiary/aromatic N) is 1. The van der Waals surface area contributed by atoms with Crippen LogP contribution in [0, 0.1) is 0 Å². The zero-order chi connectivity index (χ0) is 23.3. The summed E-state index contributed by atoms with van der Waals surface area (Å²) in [6, 6.07) is 11.5. The van der Waals surface area contributed by atoms with Crippen LogP contribution in [0.1, 0.15) is 29.8 Å². The molecule has 166 valence electrons. The third-order valence-corrected chi connectivity index (χ3v) is 5.97. The summed E-state index contributed by atoms with van der Waals surface area (Å²) in [4.78, 5) is 29.4. The van der Waals surface area contributed by atoms with Gasteiger partial charge in [0.25, 0.3) is 5.91 Å². The highest BCUT2D eigenvalue weighted by Gasteiger charge is 2.34. The number of esters is 1. The van der Waals surface area contributed by atoms with Crippen molar-refractivity contribution in [2.75, 3.05) is 13.2 Å². The van der Waals surface area contributed by atoms with Gasteiger partial charge in [0.2, 0.25) is 0 Å². The topological polar surface area (TPSA) is 105 Å². The number of carbonyl (C=O) groups excluding carboxylic acids is 2. The Hall–Kier alpha value is -3.04. The number of phenolic OH excluding ortho intramolecular Hbond substituents is 1. The van der Waals surface area contributed by atoms with Crippen molar-refractivity contribution < 1.29 is 29.3 Å². The maximum absolute atomic E-state index is 12.6. The molecule has 0 bridgehead atoms. The number of hydrogen-bond donors (Lipinski definition) is 2. The third kappa shape index (κ3) is 5.23. The monoisotopic (exact) mass is 517 g/mol. The number of phenols is 1. The second kappa shape index (κ2) is 10.5. The highest BCUT2D eigenvalue weighted by atomic mass is 79.9. The minimum Gasteiger partial charge on any atom is -0.506 e. The largest absolute Gasteiger partial charge is 0.506 e. The Morgan fingerprint density at radius 1 is 1.12 bits per heavy atom. The van der Waals surface area contributed by atoms with Crippen molar-refractivity contribution in [2.24, 2.45) is 4.99 Å². The van der Waals surface area contributed by atoms with E-state index in [1.807, 2.05) is 0 Å². The van der Waals surface area contributed by atoms with Crippen LogP contribution in [0.3, 0.4) is 0 Å². The Balaban J connectivity index is 2.05. The van der Waals surface area contributed by atoms with Crippen LogP contribution in [0.4, 0.5) is 0 Å². The van der Waals surface area contributed by atoms with Gasteiger partial charge >= 0.3 is 5.97 Å². The van der Waals surface area contributed by atoms with E-state index in [0.717, 1.165) is 11.8 Å². The van der Waals surface area contributed by atoms with Crippen LogP contribution in [0.15, 0.2) is 68.2 Å². The van der Waals surface area contributed by atoms with Crippen molar-refractivity contribution in [3.63, 3.8) is 0 Å². The van der Waals surface area contributed by atoms with Gasteiger partial charge in [-0.2, -0.15) is 0 Å². The van der Waals surface area contributed by atoms with Gasteiger partial charge in [-0.25, -0.2) is 9.79 Å². The molecule has 7 nitrogen and oxygen atoms in total. The van der Waals surface area contributed by atoms with Gasteiger partial charge in [-0.3, -0.25) is 4.79 Å². The highest BCUT2D eigenvalue weighted by Crippen LogP contribution is 2.41. The van der Waals surface area contributed by atoms with Crippen LogP contribution in [-0.4, -0.2) is 40.3 Å². The van der Waals surface area contributed by atoms with E-state index < -0.39 is 11.9 Å². The molecule has 0 aliphatic carbocycles. The van der Waals surface area contributed by atoms with E-state index in [1.165, 1.54) is 6.07 Å². The molecule has 0 aromatic heterocycles. The molecular weight excluding hydrogens is 498 g/mol. The van der Waals surface area contributed by atoms with Gasteiger partial charge in [0, 0.05) is 10.0 Å². The van der Waals surface area contributed by atoms with Gasteiger partial charge in [-0.05, 0) is 49.8 Å². The number of carbonyl (C=O) groups is 2. The number of aliphatic hydroxyl groups excluding tert-OH is 1. The van der Waals surface area contributed by atoms with Crippen LogP contribution in [-0.2, 0) is 9.53 Å². The summed E-state index contributed by atoms with van der Waals surface area (Å²) >= 11 is 4.34. The number of hydrogen-bond acceptors (Lipinski definition) is 7. The molecule has 0 saturated heterocycles. The first kappa shape index (κ1) is 23.6. The van der Waals surface area contributed by atoms with Gasteiger partial charge in [0.1, 0.15) is 16.4 Å². The van der Waals surface area contributed by atoms with E-state index in [9.17, 15) is 19.8 Å². The van der Waals surface area contributed by atoms with E-state index >= 15 is 0 Å². The number of amides is 1. The molecule has 1 amide bonds. The van der Waals surface area contributed by atoms with Crippen molar-refractivity contribution in [3.05, 3.63) is 74.3 Å². The molecule has 2 aromatic rings. The number of aromatic hydroxyl groups is 1. The van der Waals surface area contributed by atoms with Gasteiger partial charge < -0.3 is 19.7 Å². The summed E-state index contributed by atoms with van der Waals surface area (Å²) in [5.41, 5.74) is 0.759. The maximum Gasteiger partial charge on any atom is 0.344 e. The Morgan fingerprint density at radius 3 is 2.50 bits per heavy atom. The molecule has 1 aliphatic heterocycles. The van der Waals surface area contributed by atoms with Crippen LogP contribution < -0.4 is 4.74 Å². The third-order valence-electron chi connectivity index (χ3n) is 4.26. The number of ether oxygens (including phenoxy) is 2. The summed E-state index contributed by atoms with van der Waals surface area (Å²) in [5, 5.41) is 20.8. The van der Waals surface area contributed by atoms with E-state index in [2.05, 4.69) is 20.9 Å². The summed E-state index contributed by atoms with van der Waals surface area (Å²) in [6.07, 6.45) is 1.60. The fourth-order valence-electron chi connectivity index (χ4n) is 2.81. The van der Waals surface area contributed by atoms with Crippen molar-refractivity contribution in [2.45, 2.75) is 13.8 Å². The van der Waals surface area contributed by atoms with Crippen molar-refractivity contribution in [1.29, 1.82) is 0 Å². The molecule has 0 fully saturated rings. The average Bonchev–Trinajstić information content (AvgIpc) is 3.07. The first-order valence-electron chi connectivity index (χ1n) is 9.69. The highest BCUT2D eigenvalue weighted by molar-refractivity contribution is 9.10. The molecule has 0 spiro atoms. The quantitative estimate of drug-likeness (QED) is 0.503. The number of aliphatic hydroxyl groups is 1. The number of thioether (sulfide) groups is 1. The van der Waals surface area contributed by atoms with E-state index in [-0.39, 0.29) is 34.5 Å². The number of benzene rings is 2. The Morgan fingerprint density at radius 2 is 1.84 bits per heavy atom. The van der Waals surface area contributed by atoms with Gasteiger partial charge in [0.05, 0.1) is 18.1 Å². The lowest BCUT2D eigenvalue weighted by Gasteiger charge is -2.09. The van der Waals surface area contributed by atoms with Gasteiger partial charge in [-0.1, -0.05) is 45.9 Å². The van der Waals surface area contributed by atoms with Gasteiger partial charge in [-0.15, -0.1) is 0 Å². The summed E-state index contributed by atoms with van der Waals surface area (Å²) in [6.45, 7) is 3.89. The molecule has 0 saturated carbocycles. The molecule has 0 atom stereocenters. The molecular formula is C23H20BrNO6S. The van der Waals surface area contributed by atoms with Crippen molar-refractivity contribution >= 4 is 50.7 Å². The lowest BCUT2D eigenvalue weighted by molar-refractivity contribution is -0.138. The Labute approximate surface area is 197 Å². The lowest BCUT2D eigenvalue weighted by atomic mass is 10.1. The molecule has 2 aromatic carbocycles. The first-order valence-corrected chi connectivity index (χ1v) is 11.3. The second-order valence-corrected chi connectivity index (χ2v) is 8.30. The maximum atomic E-state index is 12.6. The zero-order valence-electron chi connectivity index (χ0n) is 17.3. The standard InChI is InChI=1S/C23H20BrNO6S/c1-3-30-17-10-14(15(24)12-16(17)26)11-18-20(27)19(23(29)31-4-2)22(32-18)25-21(28)13-8-6-5-7-9-13/h5-12,26-27H,3-4H2,1-2H3/b18-11-,25-22?. The molecule has 9 heteroatoms. The van der Waals surface area contributed by atoms with Gasteiger partial charge in [0.15, 0.2) is 11.5 Å². The average molecular weight is 518 g/mol. The zero-order valence-corrected chi connectivity index (χ0v) is 19.7. The number of aliphatic imine (C=N–C) groups is 1. The van der Waals surface area contributed by atoms with E-state index in [1.54, 1.807) is 56.3 Å². The molecule has 2 N–H and O–H groups in total. The molecule has 0 radical (unpaired) electrons. The summed E-state index contributed by atoms with van der Waals surface area (Å²) < 4.78 is 11.0. The van der Waals surface area contributed by atoms with Crippen molar-refractivity contribution in [3.8, 4) is 11.5 Å². The SMILES string of the molecule is CCOC(=O)C1=C(O)/C(=C/c2cc(OCC)c(O)cc2Br)SC1=NC(=O)c1ccccc1. The van der Waals surface area contributed by atoms with Crippen LogP contribution >= 0.6 is 27.7 Å². The fraction of sp³-hybridized carbons (Fsp3) is 0.174. The minimum absolute atomic E-state index is 0.0392. The molecule has 3 rings (SSSR count). The molecule has 1 heterocycles. The Bertz CT molecular complexity index is 1140. The normalized spacial score (nSPS) is 16.0. The number of halogens is 1. The predicted molar refractivity (Wildman–Crippen MR) is 127 cm³/mol. The fourth-order valence-corrected chi connectivity index (χ4v) is 4.26. The summed E-state index contributed by atoms with van der Waals surface area (Å²) in [5.74, 6) is -1.44. The smallest absolute Gasteiger partial charge is 0.344 e. The lowest BCUT2D eigenvalue weighted by Crippen LogP contribution is -2.14. The molecule has 32 heavy (non-hydrogen) atoms. The Kier molecular flexibility index (Phi) is 7.76. The van der Waals surface area contributed by atoms with Crippen LogP contribution in [0.2, 0.25) is 0 Å². The predicted octanol–water partition coefficient (Wildman–Crippen LogP) is 5.26. The van der Waals surface area contributed by atoms with Crippen molar-refractivity contribution in [1.82, 2.24) is 0 Å².